The van der Waals surface area contributed by atoms with Crippen molar-refractivity contribution in [2.45, 2.75) is 44.3 Å². The van der Waals surface area contributed by atoms with Gasteiger partial charge in [-0.25, -0.2) is 0 Å². The normalized spacial score (nSPS) is 38.5. The maximum absolute atomic E-state index is 5.71. The van der Waals surface area contributed by atoms with E-state index in [2.05, 4.69) is 35.6 Å². The molecule has 0 spiro atoms. The molecule has 2 fully saturated rings. The zero-order chi connectivity index (χ0) is 11.4. The van der Waals surface area contributed by atoms with Crippen LogP contribution in [0.5, 0.6) is 0 Å². The smallest absolute Gasteiger partial charge is 0.143 e. The van der Waals surface area contributed by atoms with Crippen molar-refractivity contribution in [2.24, 2.45) is 0 Å². The van der Waals surface area contributed by atoms with Gasteiger partial charge in [0.25, 0.3) is 0 Å². The van der Waals surface area contributed by atoms with Gasteiger partial charge in [-0.3, -0.25) is 0 Å². The van der Waals surface area contributed by atoms with Gasteiger partial charge in [-0.2, -0.15) is 0 Å². The molecule has 90 valence electrons. The minimum absolute atomic E-state index is 0.628. The van der Waals surface area contributed by atoms with E-state index in [1.165, 1.54) is 30.4 Å². The van der Waals surface area contributed by atoms with Gasteiger partial charge < -0.3 is 15.0 Å². The molecule has 4 aliphatic rings. The van der Waals surface area contributed by atoms with Crippen LogP contribution >= 0.6 is 0 Å². The third-order valence-electron chi connectivity index (χ3n) is 4.50. The molecule has 4 heterocycles. The van der Waals surface area contributed by atoms with Crippen molar-refractivity contribution in [3.05, 3.63) is 35.4 Å². The van der Waals surface area contributed by atoms with Crippen molar-refractivity contribution < 1.29 is 4.74 Å². The fourth-order valence-electron chi connectivity index (χ4n) is 3.55. The second kappa shape index (κ2) is 3.39. The first kappa shape index (κ1) is 9.77. The van der Waals surface area contributed by atoms with Crippen LogP contribution in [0, 0.1) is 0 Å². The van der Waals surface area contributed by atoms with Crippen molar-refractivity contribution in [1.29, 1.82) is 0 Å². The summed E-state index contributed by atoms with van der Waals surface area (Å²) in [5.41, 5.74) is 2.63. The number of hydrogen-bond donors (Lipinski definition) is 1. The highest BCUT2D eigenvalue weighted by molar-refractivity contribution is 5.45. The molecule has 0 radical (unpaired) electrons. The summed E-state index contributed by atoms with van der Waals surface area (Å²) in [7, 11) is 0. The molecule has 0 unspecified atom stereocenters. The third-order valence-corrected chi connectivity index (χ3v) is 4.50. The van der Waals surface area contributed by atoms with E-state index in [0.717, 1.165) is 18.4 Å². The Labute approximate surface area is 102 Å². The van der Waals surface area contributed by atoms with Gasteiger partial charge in [0.05, 0.1) is 0 Å². The second-order valence-electron chi connectivity index (χ2n) is 5.59. The van der Waals surface area contributed by atoms with E-state index in [1.54, 1.807) is 0 Å². The van der Waals surface area contributed by atoms with E-state index >= 15 is 0 Å². The molecule has 0 aromatic heterocycles. The average Bonchev–Trinajstić information content (AvgIpc) is 3.04. The minimum atomic E-state index is 0.628. The molecule has 4 aliphatic heterocycles. The zero-order valence-corrected chi connectivity index (χ0v) is 10.1. The Balaban J connectivity index is 1.60. The van der Waals surface area contributed by atoms with Gasteiger partial charge in [-0.15, -0.1) is 0 Å². The van der Waals surface area contributed by atoms with Gasteiger partial charge in [-0.1, -0.05) is 0 Å². The number of nitrogens with zero attached hydrogens (tertiary/aromatic N) is 1. The zero-order valence-electron chi connectivity index (χ0n) is 10.1. The van der Waals surface area contributed by atoms with Crippen LogP contribution in [-0.4, -0.2) is 29.6 Å². The Morgan fingerprint density at radius 3 is 3.12 bits per heavy atom. The van der Waals surface area contributed by atoms with E-state index in [9.17, 15) is 0 Å². The van der Waals surface area contributed by atoms with Crippen LogP contribution in [0.1, 0.15) is 26.2 Å². The average molecular weight is 230 g/mol. The standard InChI is InChI=1S/C14H18N2O/c1-9-8-17-14-7-16(5-4-11(9)14)13-6-10-2-3-12(13)15-10/h4-5,7,10,12-13,15H,2-3,6,8H2,1H3/t10-,12+,13-/m1/s1. The Bertz CT molecular complexity index is 449. The quantitative estimate of drug-likeness (QED) is 0.744. The first-order valence-electron chi connectivity index (χ1n) is 6.58. The Morgan fingerprint density at radius 1 is 1.41 bits per heavy atom. The molecule has 0 aliphatic carbocycles. The van der Waals surface area contributed by atoms with Crippen molar-refractivity contribution in [1.82, 2.24) is 10.2 Å². The van der Waals surface area contributed by atoms with E-state index in [0.29, 0.717) is 12.1 Å². The van der Waals surface area contributed by atoms with Crippen LogP contribution in [0.15, 0.2) is 35.4 Å². The largest absolute Gasteiger partial charge is 0.487 e. The van der Waals surface area contributed by atoms with Gasteiger partial charge in [0.2, 0.25) is 0 Å². The molecule has 0 aromatic carbocycles. The number of nitrogens with one attached hydrogen (secondary N) is 1. The molecule has 0 saturated carbocycles. The predicted octanol–water partition coefficient (Wildman–Crippen LogP) is 1.90. The summed E-state index contributed by atoms with van der Waals surface area (Å²) >= 11 is 0. The Hall–Kier alpha value is -1.22. The van der Waals surface area contributed by atoms with Crippen molar-refractivity contribution >= 4 is 0 Å². The molecule has 3 atom stereocenters. The van der Waals surface area contributed by atoms with Crippen molar-refractivity contribution in [2.75, 3.05) is 6.61 Å². The summed E-state index contributed by atoms with van der Waals surface area (Å²) in [5, 5.41) is 3.69. The molecule has 4 rings (SSSR count). The molecular formula is C14H18N2O. The highest BCUT2D eigenvalue weighted by Gasteiger charge is 2.41. The molecule has 3 heteroatoms. The Kier molecular flexibility index (Phi) is 1.95. The van der Waals surface area contributed by atoms with Crippen LogP contribution in [0.2, 0.25) is 0 Å². The highest BCUT2D eigenvalue weighted by Crippen LogP contribution is 2.36. The number of allylic oxidation sites excluding steroid dienone is 1. The summed E-state index contributed by atoms with van der Waals surface area (Å²) in [6.07, 6.45) is 10.6. The molecule has 0 amide bonds. The lowest BCUT2D eigenvalue weighted by Gasteiger charge is -2.32. The summed E-state index contributed by atoms with van der Waals surface area (Å²) in [6.45, 7) is 2.91. The van der Waals surface area contributed by atoms with Gasteiger partial charge in [0.1, 0.15) is 12.4 Å². The van der Waals surface area contributed by atoms with Gasteiger partial charge >= 0.3 is 0 Å². The van der Waals surface area contributed by atoms with Crippen LogP contribution < -0.4 is 5.32 Å². The molecule has 17 heavy (non-hydrogen) atoms. The second-order valence-corrected chi connectivity index (χ2v) is 5.59. The van der Waals surface area contributed by atoms with Crippen LogP contribution in [0.3, 0.4) is 0 Å². The van der Waals surface area contributed by atoms with Gasteiger partial charge in [-0.05, 0) is 37.8 Å². The number of fused-ring (bicyclic) bond motifs is 3. The lowest BCUT2D eigenvalue weighted by molar-refractivity contribution is 0.243. The van der Waals surface area contributed by atoms with Gasteiger partial charge in [0.15, 0.2) is 0 Å². The molecule has 0 aromatic rings. The van der Waals surface area contributed by atoms with Crippen LogP contribution in [-0.2, 0) is 4.74 Å². The third kappa shape index (κ3) is 1.38. The highest BCUT2D eigenvalue weighted by atomic mass is 16.5. The van der Waals surface area contributed by atoms with E-state index in [-0.39, 0.29) is 0 Å². The SMILES string of the molecule is CC1=C2C=CN([C@@H]3C[C@H]4CC[C@@H]3N4)C=C2OC1. The molecule has 3 nitrogen and oxygen atoms in total. The summed E-state index contributed by atoms with van der Waals surface area (Å²) < 4.78 is 5.71. The molecule has 1 N–H and O–H groups in total. The fraction of sp³-hybridized carbons (Fsp3) is 0.571. The van der Waals surface area contributed by atoms with Crippen LogP contribution in [0.25, 0.3) is 0 Å². The minimum Gasteiger partial charge on any atom is -0.487 e. The van der Waals surface area contributed by atoms with Crippen molar-refractivity contribution in [3.63, 3.8) is 0 Å². The number of ether oxygens (including phenoxy) is 1. The summed E-state index contributed by atoms with van der Waals surface area (Å²) in [5.74, 6) is 1.06. The molecule has 2 saturated heterocycles. The van der Waals surface area contributed by atoms with E-state index < -0.39 is 0 Å². The monoisotopic (exact) mass is 230 g/mol. The number of hydrogen-bond acceptors (Lipinski definition) is 3. The van der Waals surface area contributed by atoms with Gasteiger partial charge in [0, 0.05) is 36.1 Å². The van der Waals surface area contributed by atoms with E-state index in [4.69, 9.17) is 4.74 Å². The summed E-state index contributed by atoms with van der Waals surface area (Å²) in [6, 6.07) is 2.05. The first-order valence-corrected chi connectivity index (χ1v) is 6.58. The molecular weight excluding hydrogens is 212 g/mol. The Morgan fingerprint density at radius 2 is 2.35 bits per heavy atom. The number of rotatable bonds is 1. The van der Waals surface area contributed by atoms with Crippen molar-refractivity contribution in [3.8, 4) is 0 Å². The molecule has 2 bridgehead atoms. The topological polar surface area (TPSA) is 24.5 Å². The predicted molar refractivity (Wildman–Crippen MR) is 66.1 cm³/mol. The maximum Gasteiger partial charge on any atom is 0.143 e. The van der Waals surface area contributed by atoms with Crippen LogP contribution in [0.4, 0.5) is 0 Å². The fourth-order valence-corrected chi connectivity index (χ4v) is 3.55. The summed E-state index contributed by atoms with van der Waals surface area (Å²) in [4.78, 5) is 2.36. The first-order chi connectivity index (χ1) is 8.31. The van der Waals surface area contributed by atoms with E-state index in [1.807, 2.05) is 0 Å². The lowest BCUT2D eigenvalue weighted by Crippen LogP contribution is -2.38. The lowest BCUT2D eigenvalue weighted by atomic mass is 9.94. The maximum atomic E-state index is 5.71.